The fourth-order valence-electron chi connectivity index (χ4n) is 2.44. The van der Waals surface area contributed by atoms with Gasteiger partial charge in [-0.2, -0.15) is 0 Å². The lowest BCUT2D eigenvalue weighted by atomic mass is 10.0. The summed E-state index contributed by atoms with van der Waals surface area (Å²) in [5, 5.41) is 14.5. The average Bonchev–Trinajstić information content (AvgIpc) is 3.00. The first kappa shape index (κ1) is 14.5. The molecule has 1 amide bonds. The van der Waals surface area contributed by atoms with E-state index in [2.05, 4.69) is 21.7 Å². The Balaban J connectivity index is 1.62. The SMILES string of the molecule is CC(O)C1CCN(CC(=O)NCCc2cccs2)C1. The third kappa shape index (κ3) is 4.60. The standard InChI is InChI=1S/C14H22N2O2S/c1-11(17)12-5-7-16(9-12)10-14(18)15-6-4-13-3-2-8-19-13/h2-3,8,11-12,17H,4-7,9-10H2,1H3,(H,15,18). The van der Waals surface area contributed by atoms with Crippen LogP contribution in [0.5, 0.6) is 0 Å². The van der Waals surface area contributed by atoms with E-state index in [9.17, 15) is 9.90 Å². The Hall–Kier alpha value is -0.910. The van der Waals surface area contributed by atoms with Crippen molar-refractivity contribution in [3.05, 3.63) is 22.4 Å². The van der Waals surface area contributed by atoms with E-state index < -0.39 is 0 Å². The van der Waals surface area contributed by atoms with Gasteiger partial charge in [0.1, 0.15) is 0 Å². The van der Waals surface area contributed by atoms with Crippen LogP contribution < -0.4 is 5.32 Å². The molecule has 0 saturated carbocycles. The number of hydrogen-bond acceptors (Lipinski definition) is 4. The summed E-state index contributed by atoms with van der Waals surface area (Å²) in [4.78, 5) is 15.2. The van der Waals surface area contributed by atoms with Gasteiger partial charge in [0.25, 0.3) is 0 Å². The Morgan fingerprint density at radius 3 is 3.16 bits per heavy atom. The molecule has 4 nitrogen and oxygen atoms in total. The third-order valence-corrected chi connectivity index (χ3v) is 4.57. The first-order chi connectivity index (χ1) is 9.15. The molecule has 0 aliphatic carbocycles. The maximum Gasteiger partial charge on any atom is 0.234 e. The van der Waals surface area contributed by atoms with Crippen molar-refractivity contribution >= 4 is 17.2 Å². The second kappa shape index (κ2) is 7.03. The van der Waals surface area contributed by atoms with E-state index in [1.807, 2.05) is 13.0 Å². The number of carbonyl (C=O) groups is 1. The van der Waals surface area contributed by atoms with Gasteiger partial charge in [-0.25, -0.2) is 0 Å². The molecule has 0 aromatic carbocycles. The van der Waals surface area contributed by atoms with Gasteiger partial charge in [-0.3, -0.25) is 9.69 Å². The molecule has 2 heterocycles. The van der Waals surface area contributed by atoms with E-state index in [0.717, 1.165) is 25.9 Å². The van der Waals surface area contributed by atoms with Gasteiger partial charge < -0.3 is 10.4 Å². The van der Waals surface area contributed by atoms with Crippen LogP contribution in [0.3, 0.4) is 0 Å². The largest absolute Gasteiger partial charge is 0.393 e. The molecular formula is C14H22N2O2S. The average molecular weight is 282 g/mol. The minimum Gasteiger partial charge on any atom is -0.393 e. The maximum absolute atomic E-state index is 11.8. The van der Waals surface area contributed by atoms with Crippen molar-refractivity contribution in [1.29, 1.82) is 0 Å². The quantitative estimate of drug-likeness (QED) is 0.822. The highest BCUT2D eigenvalue weighted by molar-refractivity contribution is 7.09. The Morgan fingerprint density at radius 2 is 2.53 bits per heavy atom. The second-order valence-electron chi connectivity index (χ2n) is 5.20. The molecule has 0 radical (unpaired) electrons. The first-order valence-electron chi connectivity index (χ1n) is 6.84. The van der Waals surface area contributed by atoms with E-state index in [4.69, 9.17) is 0 Å². The molecule has 2 N–H and O–H groups in total. The lowest BCUT2D eigenvalue weighted by molar-refractivity contribution is -0.122. The number of amides is 1. The maximum atomic E-state index is 11.8. The highest BCUT2D eigenvalue weighted by Crippen LogP contribution is 2.18. The molecule has 1 aromatic rings. The summed E-state index contributed by atoms with van der Waals surface area (Å²) in [7, 11) is 0. The predicted octanol–water partition coefficient (Wildman–Crippen LogP) is 1.11. The zero-order valence-corrected chi connectivity index (χ0v) is 12.2. The zero-order valence-electron chi connectivity index (χ0n) is 11.3. The van der Waals surface area contributed by atoms with Gasteiger partial charge in [-0.1, -0.05) is 6.07 Å². The van der Waals surface area contributed by atoms with Gasteiger partial charge in [-0.05, 0) is 43.7 Å². The molecule has 106 valence electrons. The van der Waals surface area contributed by atoms with Crippen molar-refractivity contribution in [1.82, 2.24) is 10.2 Å². The van der Waals surface area contributed by atoms with Crippen LogP contribution in [0, 0.1) is 5.92 Å². The van der Waals surface area contributed by atoms with Crippen LogP contribution in [-0.2, 0) is 11.2 Å². The Kier molecular flexibility index (Phi) is 5.36. The molecule has 1 aromatic heterocycles. The van der Waals surface area contributed by atoms with E-state index >= 15 is 0 Å². The van der Waals surface area contributed by atoms with Crippen molar-refractivity contribution in [2.45, 2.75) is 25.9 Å². The van der Waals surface area contributed by atoms with Crippen molar-refractivity contribution in [2.75, 3.05) is 26.2 Å². The molecule has 1 saturated heterocycles. The number of hydrogen-bond donors (Lipinski definition) is 2. The molecule has 0 spiro atoms. The summed E-state index contributed by atoms with van der Waals surface area (Å²) in [6.45, 7) is 4.72. The van der Waals surface area contributed by atoms with Crippen LogP contribution in [-0.4, -0.2) is 48.2 Å². The number of nitrogens with one attached hydrogen (secondary N) is 1. The van der Waals surface area contributed by atoms with Gasteiger partial charge in [0.05, 0.1) is 12.6 Å². The normalized spacial score (nSPS) is 21.5. The van der Waals surface area contributed by atoms with Crippen molar-refractivity contribution < 1.29 is 9.90 Å². The molecule has 1 aliphatic rings. The molecule has 1 fully saturated rings. The highest BCUT2D eigenvalue weighted by Gasteiger charge is 2.26. The minimum absolute atomic E-state index is 0.0859. The number of aliphatic hydroxyl groups excluding tert-OH is 1. The van der Waals surface area contributed by atoms with E-state index in [1.165, 1.54) is 4.88 Å². The first-order valence-corrected chi connectivity index (χ1v) is 7.72. The van der Waals surface area contributed by atoms with Gasteiger partial charge in [0, 0.05) is 18.0 Å². The van der Waals surface area contributed by atoms with Crippen LogP contribution in [0.2, 0.25) is 0 Å². The Morgan fingerprint density at radius 1 is 1.68 bits per heavy atom. The summed E-state index contributed by atoms with van der Waals surface area (Å²) in [6, 6.07) is 4.12. The lowest BCUT2D eigenvalue weighted by Crippen LogP contribution is -2.37. The Labute approximate surface area is 118 Å². The zero-order chi connectivity index (χ0) is 13.7. The van der Waals surface area contributed by atoms with Crippen LogP contribution >= 0.6 is 11.3 Å². The molecule has 1 aliphatic heterocycles. The fourth-order valence-corrected chi connectivity index (χ4v) is 3.15. The topological polar surface area (TPSA) is 52.6 Å². The van der Waals surface area contributed by atoms with Crippen molar-refractivity contribution in [3.63, 3.8) is 0 Å². The highest BCUT2D eigenvalue weighted by atomic mass is 32.1. The monoisotopic (exact) mass is 282 g/mol. The van der Waals surface area contributed by atoms with E-state index in [1.54, 1.807) is 11.3 Å². The van der Waals surface area contributed by atoms with E-state index in [-0.39, 0.29) is 12.0 Å². The Bertz CT molecular complexity index is 392. The van der Waals surface area contributed by atoms with Gasteiger partial charge in [0.2, 0.25) is 5.91 Å². The van der Waals surface area contributed by atoms with Crippen LogP contribution in [0.15, 0.2) is 17.5 Å². The van der Waals surface area contributed by atoms with Gasteiger partial charge >= 0.3 is 0 Å². The number of aliphatic hydroxyl groups is 1. The summed E-state index contributed by atoms with van der Waals surface area (Å²) in [5.74, 6) is 0.404. The molecule has 19 heavy (non-hydrogen) atoms. The molecule has 0 bridgehead atoms. The summed E-state index contributed by atoms with van der Waals surface area (Å²) in [6.07, 6.45) is 1.62. The summed E-state index contributed by atoms with van der Waals surface area (Å²) in [5.41, 5.74) is 0. The number of rotatable bonds is 6. The number of likely N-dealkylation sites (tertiary alicyclic amines) is 1. The van der Waals surface area contributed by atoms with Crippen molar-refractivity contribution in [2.24, 2.45) is 5.92 Å². The van der Waals surface area contributed by atoms with Crippen LogP contribution in [0.25, 0.3) is 0 Å². The summed E-state index contributed by atoms with van der Waals surface area (Å²) >= 11 is 1.72. The fraction of sp³-hybridized carbons (Fsp3) is 0.643. The van der Waals surface area contributed by atoms with E-state index in [0.29, 0.717) is 19.0 Å². The molecular weight excluding hydrogens is 260 g/mol. The minimum atomic E-state index is -0.271. The van der Waals surface area contributed by atoms with Gasteiger partial charge in [-0.15, -0.1) is 11.3 Å². The molecule has 2 atom stereocenters. The third-order valence-electron chi connectivity index (χ3n) is 3.63. The smallest absolute Gasteiger partial charge is 0.234 e. The van der Waals surface area contributed by atoms with Crippen molar-refractivity contribution in [3.8, 4) is 0 Å². The molecule has 2 rings (SSSR count). The lowest BCUT2D eigenvalue weighted by Gasteiger charge is -2.16. The summed E-state index contributed by atoms with van der Waals surface area (Å²) < 4.78 is 0. The van der Waals surface area contributed by atoms with Crippen LogP contribution in [0.4, 0.5) is 0 Å². The number of carbonyl (C=O) groups excluding carboxylic acids is 1. The molecule has 5 heteroatoms. The number of thiophene rings is 1. The van der Waals surface area contributed by atoms with Crippen LogP contribution in [0.1, 0.15) is 18.2 Å². The predicted molar refractivity (Wildman–Crippen MR) is 77.3 cm³/mol. The molecule has 2 unspecified atom stereocenters. The second-order valence-corrected chi connectivity index (χ2v) is 6.24. The van der Waals surface area contributed by atoms with Gasteiger partial charge in [0.15, 0.2) is 0 Å². The number of nitrogens with zero attached hydrogens (tertiary/aromatic N) is 1.